The van der Waals surface area contributed by atoms with Crippen molar-refractivity contribution in [3.05, 3.63) is 0 Å². The average Bonchev–Trinajstić information content (AvgIpc) is 2.33. The first kappa shape index (κ1) is 12.4. The third kappa shape index (κ3) is 3.21. The van der Waals surface area contributed by atoms with Crippen LogP contribution in [0.1, 0.15) is 45.4 Å². The average molecular weight is 224 g/mol. The predicted octanol–water partition coefficient (Wildman–Crippen LogP) is 2.50. The van der Waals surface area contributed by atoms with Crippen LogP contribution in [0.25, 0.3) is 0 Å². The van der Waals surface area contributed by atoms with Gasteiger partial charge >= 0.3 is 0 Å². The molecule has 0 aromatic heterocycles. The van der Waals surface area contributed by atoms with Crippen LogP contribution in [-0.2, 0) is 0 Å². The van der Waals surface area contributed by atoms with Crippen LogP contribution in [0.2, 0.25) is 0 Å². The van der Waals surface area contributed by atoms with Gasteiger partial charge in [-0.2, -0.15) is 0 Å². The first-order valence-electron chi connectivity index (χ1n) is 7.19. The van der Waals surface area contributed by atoms with E-state index in [1.165, 1.54) is 58.2 Å². The first-order valence-corrected chi connectivity index (χ1v) is 7.19. The normalized spacial score (nSPS) is 34.1. The van der Waals surface area contributed by atoms with Crippen molar-refractivity contribution < 1.29 is 0 Å². The zero-order valence-corrected chi connectivity index (χ0v) is 11.0. The van der Waals surface area contributed by atoms with E-state index >= 15 is 0 Å². The molecule has 94 valence electrons. The molecule has 2 aliphatic rings. The van der Waals surface area contributed by atoms with E-state index in [4.69, 9.17) is 0 Å². The van der Waals surface area contributed by atoms with Crippen LogP contribution in [0, 0.1) is 11.8 Å². The highest BCUT2D eigenvalue weighted by Crippen LogP contribution is 2.26. The minimum absolute atomic E-state index is 0.785. The molecule has 0 bridgehead atoms. The molecule has 2 unspecified atom stereocenters. The highest BCUT2D eigenvalue weighted by atomic mass is 15.1. The monoisotopic (exact) mass is 224 g/mol. The molecular weight excluding hydrogens is 196 g/mol. The topological polar surface area (TPSA) is 15.3 Å². The van der Waals surface area contributed by atoms with E-state index in [0.717, 1.165) is 17.9 Å². The Morgan fingerprint density at radius 3 is 2.44 bits per heavy atom. The van der Waals surface area contributed by atoms with Gasteiger partial charge < -0.3 is 10.2 Å². The lowest BCUT2D eigenvalue weighted by atomic mass is 9.83. The molecule has 1 aliphatic carbocycles. The molecule has 1 aliphatic heterocycles. The summed E-state index contributed by atoms with van der Waals surface area (Å²) < 4.78 is 0. The summed E-state index contributed by atoms with van der Waals surface area (Å²) in [7, 11) is 2.14. The van der Waals surface area contributed by atoms with Crippen molar-refractivity contribution in [2.24, 2.45) is 11.8 Å². The van der Waals surface area contributed by atoms with E-state index in [9.17, 15) is 0 Å². The lowest BCUT2D eigenvalue weighted by molar-refractivity contribution is 0.134. The van der Waals surface area contributed by atoms with Crippen LogP contribution in [0.4, 0.5) is 0 Å². The quantitative estimate of drug-likeness (QED) is 0.792. The molecule has 1 saturated carbocycles. The number of hydrogen-bond acceptors (Lipinski definition) is 2. The third-order valence-electron chi connectivity index (χ3n) is 4.65. The summed E-state index contributed by atoms with van der Waals surface area (Å²) in [6.07, 6.45) is 8.54. The zero-order chi connectivity index (χ0) is 11.4. The van der Waals surface area contributed by atoms with Gasteiger partial charge in [-0.1, -0.05) is 19.8 Å². The van der Waals surface area contributed by atoms with Crippen molar-refractivity contribution in [3.63, 3.8) is 0 Å². The Morgan fingerprint density at radius 2 is 1.75 bits per heavy atom. The Balaban J connectivity index is 1.78. The summed E-state index contributed by atoms with van der Waals surface area (Å²) in [6.45, 7) is 6.43. The minimum atomic E-state index is 0.785. The maximum Gasteiger partial charge on any atom is 0.0104 e. The van der Waals surface area contributed by atoms with Gasteiger partial charge in [0, 0.05) is 12.6 Å². The zero-order valence-electron chi connectivity index (χ0n) is 11.0. The van der Waals surface area contributed by atoms with Gasteiger partial charge in [-0.3, -0.25) is 0 Å². The van der Waals surface area contributed by atoms with Gasteiger partial charge in [-0.15, -0.1) is 0 Å². The van der Waals surface area contributed by atoms with E-state index < -0.39 is 0 Å². The molecule has 1 N–H and O–H groups in total. The van der Waals surface area contributed by atoms with E-state index in [1.54, 1.807) is 0 Å². The molecule has 0 aromatic carbocycles. The second kappa shape index (κ2) is 6.02. The van der Waals surface area contributed by atoms with Gasteiger partial charge in [0.05, 0.1) is 0 Å². The fraction of sp³-hybridized carbons (Fsp3) is 1.00. The highest BCUT2D eigenvalue weighted by Gasteiger charge is 2.26. The summed E-state index contributed by atoms with van der Waals surface area (Å²) in [6, 6.07) is 0.785. The Hall–Kier alpha value is -0.0800. The fourth-order valence-electron chi connectivity index (χ4n) is 3.38. The smallest absolute Gasteiger partial charge is 0.0104 e. The van der Waals surface area contributed by atoms with Crippen LogP contribution < -0.4 is 5.32 Å². The maximum absolute atomic E-state index is 3.53. The van der Waals surface area contributed by atoms with Crippen LogP contribution in [0.15, 0.2) is 0 Å². The van der Waals surface area contributed by atoms with E-state index in [1.807, 2.05) is 0 Å². The molecule has 2 rings (SSSR count). The molecule has 1 heterocycles. The largest absolute Gasteiger partial charge is 0.317 e. The van der Waals surface area contributed by atoms with Crippen molar-refractivity contribution in [2.75, 3.05) is 26.7 Å². The van der Waals surface area contributed by atoms with Crippen molar-refractivity contribution in [1.29, 1.82) is 0 Å². The molecule has 16 heavy (non-hydrogen) atoms. The second-order valence-corrected chi connectivity index (χ2v) is 5.92. The standard InChI is InChI=1S/C14H28N2/c1-12-7-9-16(10-8-12)11-13-5-3-4-6-14(13)15-2/h12-15H,3-11H2,1-2H3. The predicted molar refractivity (Wildman–Crippen MR) is 69.6 cm³/mol. The van der Waals surface area contributed by atoms with Gasteiger partial charge in [-0.05, 0) is 57.7 Å². The number of piperidine rings is 1. The summed E-state index contributed by atoms with van der Waals surface area (Å²) >= 11 is 0. The number of nitrogens with one attached hydrogen (secondary N) is 1. The van der Waals surface area contributed by atoms with Gasteiger partial charge in [0.25, 0.3) is 0 Å². The second-order valence-electron chi connectivity index (χ2n) is 5.92. The van der Waals surface area contributed by atoms with Crippen LogP contribution >= 0.6 is 0 Å². The van der Waals surface area contributed by atoms with Crippen molar-refractivity contribution in [1.82, 2.24) is 10.2 Å². The third-order valence-corrected chi connectivity index (χ3v) is 4.65. The molecule has 2 fully saturated rings. The number of likely N-dealkylation sites (tertiary alicyclic amines) is 1. The molecule has 2 nitrogen and oxygen atoms in total. The Morgan fingerprint density at radius 1 is 1.06 bits per heavy atom. The van der Waals surface area contributed by atoms with Gasteiger partial charge in [0.15, 0.2) is 0 Å². The van der Waals surface area contributed by atoms with E-state index in [0.29, 0.717) is 0 Å². The summed E-state index contributed by atoms with van der Waals surface area (Å²) in [5, 5.41) is 3.53. The molecule has 1 saturated heterocycles. The molecule has 2 heteroatoms. The van der Waals surface area contributed by atoms with Crippen LogP contribution in [-0.4, -0.2) is 37.6 Å². The van der Waals surface area contributed by atoms with Crippen molar-refractivity contribution >= 4 is 0 Å². The highest BCUT2D eigenvalue weighted by molar-refractivity contribution is 4.83. The minimum Gasteiger partial charge on any atom is -0.317 e. The Bertz CT molecular complexity index is 197. The maximum atomic E-state index is 3.53. The van der Waals surface area contributed by atoms with Gasteiger partial charge in [0.2, 0.25) is 0 Å². The molecule has 0 radical (unpaired) electrons. The Kier molecular flexibility index (Phi) is 4.66. The molecule has 0 amide bonds. The summed E-state index contributed by atoms with van der Waals surface area (Å²) in [5.41, 5.74) is 0. The molecule has 0 aromatic rings. The molecule has 0 spiro atoms. The first-order chi connectivity index (χ1) is 7.79. The fourth-order valence-corrected chi connectivity index (χ4v) is 3.38. The van der Waals surface area contributed by atoms with Crippen molar-refractivity contribution in [3.8, 4) is 0 Å². The molecular formula is C14H28N2. The lowest BCUT2D eigenvalue weighted by Gasteiger charge is -2.38. The Labute approximate surface area is 101 Å². The number of nitrogens with zero attached hydrogens (tertiary/aromatic N) is 1. The van der Waals surface area contributed by atoms with Crippen LogP contribution in [0.3, 0.4) is 0 Å². The number of rotatable bonds is 3. The van der Waals surface area contributed by atoms with Gasteiger partial charge in [0.1, 0.15) is 0 Å². The van der Waals surface area contributed by atoms with E-state index in [2.05, 4.69) is 24.2 Å². The van der Waals surface area contributed by atoms with E-state index in [-0.39, 0.29) is 0 Å². The summed E-state index contributed by atoms with van der Waals surface area (Å²) in [4.78, 5) is 2.71. The SMILES string of the molecule is CNC1CCCCC1CN1CCC(C)CC1. The number of hydrogen-bond donors (Lipinski definition) is 1. The summed E-state index contributed by atoms with van der Waals surface area (Å²) in [5.74, 6) is 1.87. The van der Waals surface area contributed by atoms with Crippen molar-refractivity contribution in [2.45, 2.75) is 51.5 Å². The molecule has 2 atom stereocenters. The lowest BCUT2D eigenvalue weighted by Crippen LogP contribution is -2.44. The van der Waals surface area contributed by atoms with Gasteiger partial charge in [-0.25, -0.2) is 0 Å². The van der Waals surface area contributed by atoms with Crippen LogP contribution in [0.5, 0.6) is 0 Å².